The summed E-state index contributed by atoms with van der Waals surface area (Å²) in [7, 11) is -0.346. The normalized spacial score (nSPS) is 20.0. The molecule has 0 spiro atoms. The van der Waals surface area contributed by atoms with E-state index in [-0.39, 0.29) is 11.8 Å². The van der Waals surface area contributed by atoms with Gasteiger partial charge in [0.05, 0.1) is 12.2 Å². The smallest absolute Gasteiger partial charge is 0.281 e. The Morgan fingerprint density at radius 1 is 1.35 bits per heavy atom. The number of anilines is 1. The number of thiazole rings is 1. The third kappa shape index (κ3) is 3.42. The van der Waals surface area contributed by atoms with E-state index in [0.717, 1.165) is 36.3 Å². The van der Waals surface area contributed by atoms with E-state index in [1.165, 1.54) is 34.0 Å². The molecule has 1 fully saturated rings. The molecule has 1 aromatic rings. The zero-order chi connectivity index (χ0) is 16.6. The van der Waals surface area contributed by atoms with Crippen LogP contribution in [0, 0.1) is 5.92 Å². The number of rotatable bonds is 4. The highest BCUT2D eigenvalue weighted by Crippen LogP contribution is 2.31. The Balaban J connectivity index is 1.70. The Labute approximate surface area is 140 Å². The Bertz CT molecular complexity index is 693. The second kappa shape index (κ2) is 6.46. The maximum absolute atomic E-state index is 12.2. The molecule has 7 nitrogen and oxygen atoms in total. The highest BCUT2D eigenvalue weighted by atomic mass is 32.2. The average Bonchev–Trinajstić information content (AvgIpc) is 3.15. The lowest BCUT2D eigenvalue weighted by molar-refractivity contribution is -0.119. The van der Waals surface area contributed by atoms with Crippen LogP contribution >= 0.6 is 11.3 Å². The quantitative estimate of drug-likeness (QED) is 0.883. The van der Waals surface area contributed by atoms with E-state index in [4.69, 9.17) is 0 Å². The van der Waals surface area contributed by atoms with Gasteiger partial charge in [-0.3, -0.25) is 4.79 Å². The van der Waals surface area contributed by atoms with Crippen LogP contribution in [0.25, 0.3) is 0 Å². The van der Waals surface area contributed by atoms with Crippen LogP contribution in [0.5, 0.6) is 0 Å². The number of hydrogen-bond donors (Lipinski definition) is 1. The molecule has 1 saturated carbocycles. The van der Waals surface area contributed by atoms with E-state index in [9.17, 15) is 13.2 Å². The number of aromatic nitrogens is 1. The minimum atomic E-state index is -3.41. The molecule has 0 saturated heterocycles. The zero-order valence-electron chi connectivity index (χ0n) is 13.4. The van der Waals surface area contributed by atoms with Gasteiger partial charge in [0, 0.05) is 37.9 Å². The van der Waals surface area contributed by atoms with Gasteiger partial charge in [0.2, 0.25) is 5.91 Å². The molecule has 1 aliphatic carbocycles. The van der Waals surface area contributed by atoms with E-state index in [1.54, 1.807) is 0 Å². The second-order valence-corrected chi connectivity index (χ2v) is 9.46. The molecule has 0 aromatic carbocycles. The first-order valence-electron chi connectivity index (χ1n) is 7.85. The van der Waals surface area contributed by atoms with Crippen molar-refractivity contribution in [2.75, 3.05) is 26.0 Å². The van der Waals surface area contributed by atoms with Crippen molar-refractivity contribution in [3.8, 4) is 0 Å². The fourth-order valence-electron chi connectivity index (χ4n) is 3.05. The predicted octanol–water partition coefficient (Wildman–Crippen LogP) is 1.44. The number of nitrogens with one attached hydrogen (secondary N) is 1. The lowest BCUT2D eigenvalue weighted by atomic mass is 10.1. The van der Waals surface area contributed by atoms with Crippen LogP contribution in [0.15, 0.2) is 0 Å². The van der Waals surface area contributed by atoms with Gasteiger partial charge in [0.15, 0.2) is 5.13 Å². The number of fused-ring (bicyclic) bond motifs is 1. The van der Waals surface area contributed by atoms with E-state index in [0.29, 0.717) is 24.6 Å². The summed E-state index contributed by atoms with van der Waals surface area (Å²) in [6, 6.07) is 0. The molecule has 23 heavy (non-hydrogen) atoms. The summed E-state index contributed by atoms with van der Waals surface area (Å²) in [4.78, 5) is 17.6. The molecule has 1 aromatic heterocycles. The zero-order valence-corrected chi connectivity index (χ0v) is 15.0. The molecule has 0 unspecified atom stereocenters. The Kier molecular flexibility index (Phi) is 4.73. The topological polar surface area (TPSA) is 82.6 Å². The third-order valence-corrected chi connectivity index (χ3v) is 7.32. The van der Waals surface area contributed by atoms with Crippen LogP contribution in [-0.4, -0.2) is 48.6 Å². The molecule has 1 aliphatic heterocycles. The van der Waals surface area contributed by atoms with Crippen molar-refractivity contribution in [2.45, 2.75) is 38.6 Å². The van der Waals surface area contributed by atoms with Gasteiger partial charge in [-0.2, -0.15) is 17.0 Å². The standard InChI is InChI=1S/C14H22N4O3S2/c1-17(2)23(20,21)18-8-7-11-12(9-18)22-14(15-11)16-13(19)10-5-3-4-6-10/h10H,3-9H2,1-2H3,(H,15,16,19). The lowest BCUT2D eigenvalue weighted by Gasteiger charge is -2.27. The minimum Gasteiger partial charge on any atom is -0.302 e. The van der Waals surface area contributed by atoms with Crippen LogP contribution in [0.2, 0.25) is 0 Å². The molecule has 3 rings (SSSR count). The number of amides is 1. The number of nitrogens with zero attached hydrogens (tertiary/aromatic N) is 3. The molecular formula is C14H22N4O3S2. The van der Waals surface area contributed by atoms with Gasteiger partial charge in [-0.15, -0.1) is 11.3 Å². The highest BCUT2D eigenvalue weighted by Gasteiger charge is 2.31. The van der Waals surface area contributed by atoms with Crippen LogP contribution in [0.3, 0.4) is 0 Å². The summed E-state index contributed by atoms with van der Waals surface area (Å²) in [5, 5.41) is 3.50. The molecule has 2 aliphatic rings. The number of hydrogen-bond acceptors (Lipinski definition) is 5. The summed E-state index contributed by atoms with van der Waals surface area (Å²) >= 11 is 1.39. The van der Waals surface area contributed by atoms with E-state index >= 15 is 0 Å². The van der Waals surface area contributed by atoms with E-state index < -0.39 is 10.2 Å². The average molecular weight is 358 g/mol. The molecule has 9 heteroatoms. The Morgan fingerprint density at radius 2 is 2.04 bits per heavy atom. The van der Waals surface area contributed by atoms with Gasteiger partial charge < -0.3 is 5.32 Å². The fourth-order valence-corrected chi connectivity index (χ4v) is 5.23. The van der Waals surface area contributed by atoms with Gasteiger partial charge in [-0.1, -0.05) is 12.8 Å². The highest BCUT2D eigenvalue weighted by molar-refractivity contribution is 7.86. The summed E-state index contributed by atoms with van der Waals surface area (Å²) in [5.41, 5.74) is 0.905. The van der Waals surface area contributed by atoms with Crippen molar-refractivity contribution in [3.63, 3.8) is 0 Å². The van der Waals surface area contributed by atoms with E-state index in [1.807, 2.05) is 0 Å². The first kappa shape index (κ1) is 16.8. The Hall–Kier alpha value is -1.03. The number of carbonyl (C=O) groups is 1. The van der Waals surface area contributed by atoms with Crippen LogP contribution in [-0.2, 0) is 28.0 Å². The maximum Gasteiger partial charge on any atom is 0.281 e. The third-order valence-electron chi connectivity index (χ3n) is 4.44. The SMILES string of the molecule is CN(C)S(=O)(=O)N1CCc2nc(NC(=O)C3CCCC3)sc2C1. The van der Waals surface area contributed by atoms with Crippen molar-refractivity contribution in [1.82, 2.24) is 13.6 Å². The summed E-state index contributed by atoms with van der Waals surface area (Å²) in [6.07, 6.45) is 4.71. The summed E-state index contributed by atoms with van der Waals surface area (Å²) in [5.74, 6) is 0.146. The summed E-state index contributed by atoms with van der Waals surface area (Å²) in [6.45, 7) is 0.750. The summed E-state index contributed by atoms with van der Waals surface area (Å²) < 4.78 is 27.1. The molecule has 0 bridgehead atoms. The Morgan fingerprint density at radius 3 is 2.70 bits per heavy atom. The van der Waals surface area contributed by atoms with Crippen molar-refractivity contribution in [3.05, 3.63) is 10.6 Å². The van der Waals surface area contributed by atoms with E-state index in [2.05, 4.69) is 10.3 Å². The van der Waals surface area contributed by atoms with Crippen LogP contribution in [0.4, 0.5) is 5.13 Å². The monoisotopic (exact) mass is 358 g/mol. The first-order valence-corrected chi connectivity index (χ1v) is 10.1. The predicted molar refractivity (Wildman–Crippen MR) is 89.4 cm³/mol. The van der Waals surface area contributed by atoms with Crippen molar-refractivity contribution >= 4 is 32.6 Å². The lowest BCUT2D eigenvalue weighted by Crippen LogP contribution is -2.42. The van der Waals surface area contributed by atoms with Gasteiger partial charge in [0.1, 0.15) is 0 Å². The molecule has 0 radical (unpaired) electrons. The van der Waals surface area contributed by atoms with Gasteiger partial charge >= 0.3 is 0 Å². The van der Waals surface area contributed by atoms with Gasteiger partial charge in [-0.25, -0.2) is 4.98 Å². The molecule has 2 heterocycles. The minimum absolute atomic E-state index is 0.0476. The maximum atomic E-state index is 12.2. The first-order chi connectivity index (χ1) is 10.9. The van der Waals surface area contributed by atoms with Gasteiger partial charge in [0.25, 0.3) is 10.2 Å². The molecule has 128 valence electrons. The molecular weight excluding hydrogens is 336 g/mol. The largest absolute Gasteiger partial charge is 0.302 e. The second-order valence-electron chi connectivity index (χ2n) is 6.23. The van der Waals surface area contributed by atoms with Crippen molar-refractivity contribution in [1.29, 1.82) is 0 Å². The van der Waals surface area contributed by atoms with Crippen LogP contribution < -0.4 is 5.32 Å². The van der Waals surface area contributed by atoms with Crippen LogP contribution in [0.1, 0.15) is 36.3 Å². The van der Waals surface area contributed by atoms with Crippen molar-refractivity contribution < 1.29 is 13.2 Å². The molecule has 1 amide bonds. The van der Waals surface area contributed by atoms with Crippen molar-refractivity contribution in [2.24, 2.45) is 5.92 Å². The fraction of sp³-hybridized carbons (Fsp3) is 0.714. The molecule has 1 N–H and O–H groups in total. The van der Waals surface area contributed by atoms with Gasteiger partial charge in [-0.05, 0) is 12.8 Å². The number of carbonyl (C=O) groups excluding carboxylic acids is 1. The molecule has 0 atom stereocenters.